The van der Waals surface area contributed by atoms with Crippen molar-refractivity contribution in [3.8, 4) is 5.75 Å². The van der Waals surface area contributed by atoms with Gasteiger partial charge in [0, 0.05) is 10.7 Å². The predicted molar refractivity (Wildman–Crippen MR) is 80.3 cm³/mol. The Kier molecular flexibility index (Phi) is 4.56. The summed E-state index contributed by atoms with van der Waals surface area (Å²) in [6.45, 7) is 4.62. The molecular formula is C15H17BrN2O. The Hall–Kier alpha value is -1.39. The van der Waals surface area contributed by atoms with E-state index in [-0.39, 0.29) is 6.04 Å². The minimum absolute atomic E-state index is 0.220. The SMILES string of the molecule is CCOc1cncc(C(N)c2ccc(C)cc2Br)c1. The second kappa shape index (κ2) is 6.17. The fourth-order valence-corrected chi connectivity index (χ4v) is 2.66. The van der Waals surface area contributed by atoms with E-state index in [1.165, 1.54) is 5.56 Å². The van der Waals surface area contributed by atoms with Gasteiger partial charge in [-0.25, -0.2) is 0 Å². The van der Waals surface area contributed by atoms with Crippen LogP contribution in [0.3, 0.4) is 0 Å². The fourth-order valence-electron chi connectivity index (χ4n) is 1.92. The zero-order valence-corrected chi connectivity index (χ0v) is 12.6. The summed E-state index contributed by atoms with van der Waals surface area (Å²) in [6.07, 6.45) is 3.48. The van der Waals surface area contributed by atoms with Crippen LogP contribution in [0.2, 0.25) is 0 Å². The molecule has 0 amide bonds. The Labute approximate surface area is 121 Å². The summed E-state index contributed by atoms with van der Waals surface area (Å²) in [5, 5.41) is 0. The van der Waals surface area contributed by atoms with Crippen LogP contribution in [0.25, 0.3) is 0 Å². The Morgan fingerprint density at radius 3 is 2.79 bits per heavy atom. The number of rotatable bonds is 4. The average Bonchev–Trinajstić information content (AvgIpc) is 2.39. The number of benzene rings is 1. The second-order valence-electron chi connectivity index (χ2n) is 4.39. The van der Waals surface area contributed by atoms with Crippen molar-refractivity contribution in [1.82, 2.24) is 4.98 Å². The Balaban J connectivity index is 2.32. The van der Waals surface area contributed by atoms with Crippen molar-refractivity contribution in [3.63, 3.8) is 0 Å². The highest BCUT2D eigenvalue weighted by Gasteiger charge is 2.13. The number of nitrogens with two attached hydrogens (primary N) is 1. The van der Waals surface area contributed by atoms with Gasteiger partial charge in [0.15, 0.2) is 0 Å². The first-order chi connectivity index (χ1) is 9.11. The molecule has 1 unspecified atom stereocenters. The Bertz CT molecular complexity index is 572. The van der Waals surface area contributed by atoms with Gasteiger partial charge >= 0.3 is 0 Å². The van der Waals surface area contributed by atoms with Crippen molar-refractivity contribution in [3.05, 3.63) is 57.8 Å². The van der Waals surface area contributed by atoms with Crippen molar-refractivity contribution in [2.24, 2.45) is 5.73 Å². The number of hydrogen-bond donors (Lipinski definition) is 1. The monoisotopic (exact) mass is 320 g/mol. The smallest absolute Gasteiger partial charge is 0.137 e. The van der Waals surface area contributed by atoms with Gasteiger partial charge in [-0.1, -0.05) is 28.1 Å². The van der Waals surface area contributed by atoms with Crippen LogP contribution in [0.15, 0.2) is 41.1 Å². The third kappa shape index (κ3) is 3.33. The summed E-state index contributed by atoms with van der Waals surface area (Å²) in [5.74, 6) is 0.749. The Morgan fingerprint density at radius 1 is 1.32 bits per heavy atom. The van der Waals surface area contributed by atoms with Crippen LogP contribution in [-0.2, 0) is 0 Å². The summed E-state index contributed by atoms with van der Waals surface area (Å²) in [6, 6.07) is 7.88. The summed E-state index contributed by atoms with van der Waals surface area (Å²) in [4.78, 5) is 4.18. The van der Waals surface area contributed by atoms with E-state index < -0.39 is 0 Å². The van der Waals surface area contributed by atoms with Gasteiger partial charge < -0.3 is 10.5 Å². The van der Waals surface area contributed by atoms with E-state index in [1.54, 1.807) is 12.4 Å². The standard InChI is InChI=1S/C15H17BrN2O/c1-3-19-12-7-11(8-18-9-12)15(17)13-5-4-10(2)6-14(13)16/h4-9,15H,3,17H2,1-2H3. The summed E-state index contributed by atoms with van der Waals surface area (Å²) < 4.78 is 6.47. The molecule has 0 aliphatic carbocycles. The molecule has 1 aromatic carbocycles. The molecule has 1 aromatic heterocycles. The first-order valence-electron chi connectivity index (χ1n) is 6.21. The van der Waals surface area contributed by atoms with Crippen LogP contribution in [-0.4, -0.2) is 11.6 Å². The number of nitrogens with zero attached hydrogens (tertiary/aromatic N) is 1. The van der Waals surface area contributed by atoms with E-state index in [9.17, 15) is 0 Å². The molecule has 1 heterocycles. The van der Waals surface area contributed by atoms with E-state index in [1.807, 2.05) is 19.1 Å². The van der Waals surface area contributed by atoms with Crippen LogP contribution in [0.1, 0.15) is 29.7 Å². The number of pyridine rings is 1. The number of aromatic nitrogens is 1. The average molecular weight is 321 g/mol. The molecule has 0 aliphatic heterocycles. The molecule has 0 aliphatic rings. The van der Waals surface area contributed by atoms with Gasteiger partial charge in [-0.2, -0.15) is 0 Å². The summed E-state index contributed by atoms with van der Waals surface area (Å²) >= 11 is 3.56. The van der Waals surface area contributed by atoms with Crippen LogP contribution >= 0.6 is 15.9 Å². The highest BCUT2D eigenvalue weighted by Crippen LogP contribution is 2.28. The van der Waals surface area contributed by atoms with Crippen LogP contribution in [0, 0.1) is 6.92 Å². The predicted octanol–water partition coefficient (Wildman–Crippen LogP) is 3.60. The minimum Gasteiger partial charge on any atom is -0.492 e. The lowest BCUT2D eigenvalue weighted by molar-refractivity contribution is 0.338. The lowest BCUT2D eigenvalue weighted by atomic mass is 10.00. The second-order valence-corrected chi connectivity index (χ2v) is 5.24. The molecule has 2 N–H and O–H groups in total. The van der Waals surface area contributed by atoms with Gasteiger partial charge in [0.1, 0.15) is 5.75 Å². The molecule has 2 rings (SSSR count). The minimum atomic E-state index is -0.220. The number of aryl methyl sites for hydroxylation is 1. The maximum absolute atomic E-state index is 6.31. The first-order valence-corrected chi connectivity index (χ1v) is 7.00. The van der Waals surface area contributed by atoms with Gasteiger partial charge in [-0.3, -0.25) is 4.98 Å². The van der Waals surface area contributed by atoms with E-state index in [0.29, 0.717) is 6.61 Å². The molecule has 0 saturated carbocycles. The lowest BCUT2D eigenvalue weighted by Crippen LogP contribution is -2.13. The fraction of sp³-hybridized carbons (Fsp3) is 0.267. The normalized spacial score (nSPS) is 12.2. The van der Waals surface area contributed by atoms with E-state index >= 15 is 0 Å². The molecule has 4 heteroatoms. The maximum atomic E-state index is 6.31. The van der Waals surface area contributed by atoms with E-state index in [0.717, 1.165) is 21.3 Å². The quantitative estimate of drug-likeness (QED) is 0.936. The molecule has 3 nitrogen and oxygen atoms in total. The van der Waals surface area contributed by atoms with Crippen LogP contribution in [0.4, 0.5) is 0 Å². The van der Waals surface area contributed by atoms with Crippen molar-refractivity contribution in [2.75, 3.05) is 6.61 Å². The van der Waals surface area contributed by atoms with E-state index in [4.69, 9.17) is 10.5 Å². The summed E-state index contributed by atoms with van der Waals surface area (Å²) in [5.41, 5.74) is 9.49. The molecule has 0 fully saturated rings. The van der Waals surface area contributed by atoms with Gasteiger partial charge in [0.05, 0.1) is 18.8 Å². The number of ether oxygens (including phenoxy) is 1. The number of halogens is 1. The zero-order valence-electron chi connectivity index (χ0n) is 11.1. The van der Waals surface area contributed by atoms with Gasteiger partial charge in [-0.05, 0) is 42.7 Å². The number of hydrogen-bond acceptors (Lipinski definition) is 3. The zero-order chi connectivity index (χ0) is 13.8. The Morgan fingerprint density at radius 2 is 2.11 bits per heavy atom. The van der Waals surface area contributed by atoms with Crippen molar-refractivity contribution >= 4 is 15.9 Å². The topological polar surface area (TPSA) is 48.1 Å². The molecule has 1 atom stereocenters. The molecule has 19 heavy (non-hydrogen) atoms. The van der Waals surface area contributed by atoms with E-state index in [2.05, 4.69) is 40.0 Å². The molecule has 2 aromatic rings. The molecule has 0 radical (unpaired) electrons. The largest absolute Gasteiger partial charge is 0.492 e. The third-order valence-electron chi connectivity index (χ3n) is 2.90. The van der Waals surface area contributed by atoms with Crippen LogP contribution < -0.4 is 10.5 Å². The molecule has 100 valence electrons. The van der Waals surface area contributed by atoms with Crippen molar-refractivity contribution in [2.45, 2.75) is 19.9 Å². The van der Waals surface area contributed by atoms with Crippen molar-refractivity contribution in [1.29, 1.82) is 0 Å². The maximum Gasteiger partial charge on any atom is 0.137 e. The molecule has 0 bridgehead atoms. The molecule has 0 spiro atoms. The lowest BCUT2D eigenvalue weighted by Gasteiger charge is -2.15. The highest BCUT2D eigenvalue weighted by atomic mass is 79.9. The first kappa shape index (κ1) is 14.0. The van der Waals surface area contributed by atoms with Gasteiger partial charge in [0.25, 0.3) is 0 Å². The van der Waals surface area contributed by atoms with Crippen molar-refractivity contribution < 1.29 is 4.74 Å². The van der Waals surface area contributed by atoms with Gasteiger partial charge in [0.2, 0.25) is 0 Å². The van der Waals surface area contributed by atoms with Crippen LogP contribution in [0.5, 0.6) is 5.75 Å². The molecular weight excluding hydrogens is 304 g/mol. The summed E-state index contributed by atoms with van der Waals surface area (Å²) in [7, 11) is 0. The third-order valence-corrected chi connectivity index (χ3v) is 3.58. The highest BCUT2D eigenvalue weighted by molar-refractivity contribution is 9.10. The molecule has 0 saturated heterocycles. The van der Waals surface area contributed by atoms with Gasteiger partial charge in [-0.15, -0.1) is 0 Å².